The Labute approximate surface area is 117 Å². The van der Waals surface area contributed by atoms with Crippen LogP contribution in [0.2, 0.25) is 0 Å². The van der Waals surface area contributed by atoms with Crippen LogP contribution in [0.1, 0.15) is 44.9 Å². The van der Waals surface area contributed by atoms with E-state index in [9.17, 15) is 4.79 Å². The zero-order valence-corrected chi connectivity index (χ0v) is 12.3. The van der Waals surface area contributed by atoms with Crippen molar-refractivity contribution in [3.05, 3.63) is 0 Å². The molecule has 0 unspecified atom stereocenters. The molecule has 106 valence electrons. The first-order chi connectivity index (χ1) is 8.25. The van der Waals surface area contributed by atoms with E-state index >= 15 is 0 Å². The number of carbonyl (C=O) groups is 1. The third-order valence-corrected chi connectivity index (χ3v) is 4.41. The summed E-state index contributed by atoms with van der Waals surface area (Å²) >= 11 is 0. The minimum atomic E-state index is 0. The molecule has 3 nitrogen and oxygen atoms in total. The van der Waals surface area contributed by atoms with Crippen LogP contribution in [0.4, 0.5) is 0 Å². The van der Waals surface area contributed by atoms with Crippen LogP contribution < -0.4 is 5.32 Å². The van der Waals surface area contributed by atoms with Crippen LogP contribution in [-0.4, -0.2) is 37.5 Å². The van der Waals surface area contributed by atoms with Gasteiger partial charge >= 0.3 is 0 Å². The average Bonchev–Trinajstić information content (AvgIpc) is 2.32. The van der Waals surface area contributed by atoms with Crippen molar-refractivity contribution in [2.75, 3.05) is 26.7 Å². The van der Waals surface area contributed by atoms with E-state index in [1.54, 1.807) is 0 Å². The van der Waals surface area contributed by atoms with Crippen molar-refractivity contribution in [2.24, 2.45) is 11.8 Å². The fourth-order valence-electron chi connectivity index (χ4n) is 2.85. The molecule has 4 heteroatoms. The second-order valence-corrected chi connectivity index (χ2v) is 5.80. The molecule has 1 heterocycles. The van der Waals surface area contributed by atoms with Gasteiger partial charge in [0.15, 0.2) is 0 Å². The summed E-state index contributed by atoms with van der Waals surface area (Å²) in [6, 6.07) is 0. The molecule has 18 heavy (non-hydrogen) atoms. The number of amides is 1. The molecule has 0 aromatic heterocycles. The van der Waals surface area contributed by atoms with Gasteiger partial charge in [-0.15, -0.1) is 12.4 Å². The molecule has 0 atom stereocenters. The largest absolute Gasteiger partial charge is 0.345 e. The Morgan fingerprint density at radius 2 is 1.83 bits per heavy atom. The Bertz CT molecular complexity index is 250. The molecule has 2 rings (SSSR count). The quantitative estimate of drug-likeness (QED) is 0.835. The van der Waals surface area contributed by atoms with Gasteiger partial charge < -0.3 is 10.2 Å². The van der Waals surface area contributed by atoms with E-state index < -0.39 is 0 Å². The van der Waals surface area contributed by atoms with Crippen LogP contribution in [0.5, 0.6) is 0 Å². The van der Waals surface area contributed by atoms with Gasteiger partial charge in [-0.05, 0) is 57.0 Å². The summed E-state index contributed by atoms with van der Waals surface area (Å²) < 4.78 is 0. The summed E-state index contributed by atoms with van der Waals surface area (Å²) in [6.07, 6.45) is 8.36. The maximum atomic E-state index is 12.0. The van der Waals surface area contributed by atoms with Crippen LogP contribution >= 0.6 is 12.4 Å². The summed E-state index contributed by atoms with van der Waals surface area (Å²) in [7, 11) is 1.98. The first-order valence-corrected chi connectivity index (χ1v) is 7.20. The minimum absolute atomic E-state index is 0. The lowest BCUT2D eigenvalue weighted by atomic mass is 9.85. The highest BCUT2D eigenvalue weighted by atomic mass is 35.5. The molecular formula is C14H27ClN2O. The monoisotopic (exact) mass is 274 g/mol. The van der Waals surface area contributed by atoms with E-state index in [-0.39, 0.29) is 12.4 Å². The fourth-order valence-corrected chi connectivity index (χ4v) is 2.85. The molecular weight excluding hydrogens is 248 g/mol. The van der Waals surface area contributed by atoms with Gasteiger partial charge in [0, 0.05) is 20.0 Å². The van der Waals surface area contributed by atoms with Crippen molar-refractivity contribution in [3.63, 3.8) is 0 Å². The molecule has 1 aliphatic carbocycles. The lowest BCUT2D eigenvalue weighted by Gasteiger charge is -2.30. The second kappa shape index (κ2) is 8.00. The lowest BCUT2D eigenvalue weighted by Crippen LogP contribution is -2.35. The number of halogens is 1. The fraction of sp³-hybridized carbons (Fsp3) is 0.929. The summed E-state index contributed by atoms with van der Waals surface area (Å²) in [5.74, 6) is 1.93. The minimum Gasteiger partial charge on any atom is -0.345 e. The van der Waals surface area contributed by atoms with Gasteiger partial charge in [-0.3, -0.25) is 4.79 Å². The zero-order valence-electron chi connectivity index (χ0n) is 11.5. The summed E-state index contributed by atoms with van der Waals surface area (Å²) in [5.41, 5.74) is 0. The Morgan fingerprint density at radius 1 is 1.17 bits per heavy atom. The van der Waals surface area contributed by atoms with E-state index in [4.69, 9.17) is 0 Å². The van der Waals surface area contributed by atoms with E-state index in [2.05, 4.69) is 5.32 Å². The smallest absolute Gasteiger partial charge is 0.222 e. The maximum absolute atomic E-state index is 12.0. The van der Waals surface area contributed by atoms with Crippen LogP contribution in [-0.2, 0) is 4.79 Å². The predicted molar refractivity (Wildman–Crippen MR) is 77.1 cm³/mol. The summed E-state index contributed by atoms with van der Waals surface area (Å²) in [5, 5.41) is 3.37. The molecule has 0 aromatic rings. The standard InChI is InChI=1S/C14H26N2O.ClH/c1-16(11-13-3-2-4-13)14(17)6-5-12-7-9-15-10-8-12;/h12-13,15H,2-11H2,1H3;1H. The van der Waals surface area contributed by atoms with Crippen LogP contribution in [0, 0.1) is 11.8 Å². The lowest BCUT2D eigenvalue weighted by molar-refractivity contribution is -0.131. The van der Waals surface area contributed by atoms with Gasteiger partial charge in [0.2, 0.25) is 5.91 Å². The van der Waals surface area contributed by atoms with Gasteiger partial charge in [-0.2, -0.15) is 0 Å². The number of hydrogen-bond donors (Lipinski definition) is 1. The number of carbonyl (C=O) groups excluding carboxylic acids is 1. The molecule has 2 aliphatic rings. The molecule has 1 aliphatic heterocycles. The molecule has 0 bridgehead atoms. The van der Waals surface area contributed by atoms with Crippen molar-refractivity contribution in [1.29, 1.82) is 0 Å². The van der Waals surface area contributed by atoms with Crippen molar-refractivity contribution in [3.8, 4) is 0 Å². The topological polar surface area (TPSA) is 32.3 Å². The van der Waals surface area contributed by atoms with E-state index in [0.29, 0.717) is 5.91 Å². The van der Waals surface area contributed by atoms with Crippen LogP contribution in [0.3, 0.4) is 0 Å². The zero-order chi connectivity index (χ0) is 12.1. The highest BCUT2D eigenvalue weighted by molar-refractivity contribution is 5.85. The van der Waals surface area contributed by atoms with Gasteiger partial charge in [-0.25, -0.2) is 0 Å². The highest BCUT2D eigenvalue weighted by Crippen LogP contribution is 2.27. The van der Waals surface area contributed by atoms with E-state index in [1.165, 1.54) is 32.1 Å². The normalized spacial score (nSPS) is 20.9. The summed E-state index contributed by atoms with van der Waals surface area (Å²) in [4.78, 5) is 13.9. The molecule has 1 amide bonds. The molecule has 0 radical (unpaired) electrons. The van der Waals surface area contributed by atoms with Crippen LogP contribution in [0.25, 0.3) is 0 Å². The third-order valence-electron chi connectivity index (χ3n) is 4.41. The molecule has 1 saturated heterocycles. The van der Waals surface area contributed by atoms with Crippen molar-refractivity contribution in [2.45, 2.75) is 44.9 Å². The predicted octanol–water partition coefficient (Wildman–Crippen LogP) is 2.45. The number of piperidine rings is 1. The first kappa shape index (κ1) is 15.8. The molecule has 0 spiro atoms. The SMILES string of the molecule is CN(CC1CCC1)C(=O)CCC1CCNCC1.Cl. The van der Waals surface area contributed by atoms with Crippen LogP contribution in [0.15, 0.2) is 0 Å². The van der Waals surface area contributed by atoms with Crippen molar-refractivity contribution < 1.29 is 4.79 Å². The molecule has 1 saturated carbocycles. The first-order valence-electron chi connectivity index (χ1n) is 7.20. The van der Waals surface area contributed by atoms with Gasteiger partial charge in [-0.1, -0.05) is 6.42 Å². The van der Waals surface area contributed by atoms with Gasteiger partial charge in [0.1, 0.15) is 0 Å². The van der Waals surface area contributed by atoms with Gasteiger partial charge in [0.05, 0.1) is 0 Å². The third kappa shape index (κ3) is 4.77. The number of nitrogens with one attached hydrogen (secondary N) is 1. The van der Waals surface area contributed by atoms with E-state index in [0.717, 1.165) is 44.3 Å². The molecule has 1 N–H and O–H groups in total. The van der Waals surface area contributed by atoms with E-state index in [1.807, 2.05) is 11.9 Å². The highest BCUT2D eigenvalue weighted by Gasteiger charge is 2.22. The Kier molecular flexibility index (Phi) is 7.02. The molecule has 2 fully saturated rings. The molecule has 0 aromatic carbocycles. The number of hydrogen-bond acceptors (Lipinski definition) is 2. The maximum Gasteiger partial charge on any atom is 0.222 e. The average molecular weight is 275 g/mol. The van der Waals surface area contributed by atoms with Gasteiger partial charge in [0.25, 0.3) is 0 Å². The van der Waals surface area contributed by atoms with Crippen molar-refractivity contribution >= 4 is 18.3 Å². The number of nitrogens with zero attached hydrogens (tertiary/aromatic N) is 1. The Hall–Kier alpha value is -0.280. The summed E-state index contributed by atoms with van der Waals surface area (Å²) in [6.45, 7) is 3.26. The Morgan fingerprint density at radius 3 is 2.39 bits per heavy atom. The van der Waals surface area contributed by atoms with Crippen molar-refractivity contribution in [1.82, 2.24) is 10.2 Å². The Balaban J connectivity index is 0.00000162. The second-order valence-electron chi connectivity index (χ2n) is 5.80. The number of rotatable bonds is 5.